The fourth-order valence-corrected chi connectivity index (χ4v) is 3.42. The summed E-state index contributed by atoms with van der Waals surface area (Å²) in [5, 5.41) is 6.78. The number of hydrogen-bond donors (Lipinski definition) is 2. The zero-order chi connectivity index (χ0) is 20.8. The molecule has 1 unspecified atom stereocenters. The molecule has 0 saturated carbocycles. The molecule has 3 aromatic carbocycles. The van der Waals surface area contributed by atoms with Crippen LogP contribution in [0.5, 0.6) is 0 Å². The first-order valence-corrected chi connectivity index (χ1v) is 9.86. The molecule has 4 nitrogen and oxygen atoms in total. The van der Waals surface area contributed by atoms with Crippen LogP contribution < -0.4 is 10.6 Å². The molecule has 0 radical (unpaired) electrons. The summed E-state index contributed by atoms with van der Waals surface area (Å²) in [4.78, 5) is 25.4. The summed E-state index contributed by atoms with van der Waals surface area (Å²) in [6.45, 7) is 1.87. The molecule has 0 aliphatic heterocycles. The average molecular weight is 427 g/mol. The first-order chi connectivity index (χ1) is 13.9. The van der Waals surface area contributed by atoms with Crippen LogP contribution in [0.15, 0.2) is 72.8 Å². The Morgan fingerprint density at radius 3 is 2.31 bits per heavy atom. The molecule has 2 N–H and O–H groups in total. The third kappa shape index (κ3) is 5.59. The Morgan fingerprint density at radius 2 is 1.62 bits per heavy atom. The average Bonchev–Trinajstić information content (AvgIpc) is 2.70. The Balaban J connectivity index is 1.78. The molecule has 0 heterocycles. The fourth-order valence-electron chi connectivity index (χ4n) is 2.97. The number of aryl methyl sites for hydroxylation is 1. The molecule has 0 aliphatic carbocycles. The maximum Gasteiger partial charge on any atom is 0.253 e. The van der Waals surface area contributed by atoms with E-state index in [2.05, 4.69) is 10.6 Å². The van der Waals surface area contributed by atoms with Gasteiger partial charge in [-0.05, 0) is 48.4 Å². The van der Waals surface area contributed by atoms with E-state index in [1.165, 1.54) is 0 Å². The lowest BCUT2D eigenvalue weighted by Crippen LogP contribution is -2.31. The van der Waals surface area contributed by atoms with Crippen molar-refractivity contribution in [2.24, 2.45) is 0 Å². The molecule has 0 spiro atoms. The smallest absolute Gasteiger partial charge is 0.253 e. The van der Waals surface area contributed by atoms with Gasteiger partial charge in [-0.2, -0.15) is 0 Å². The lowest BCUT2D eigenvalue weighted by atomic mass is 10.0. The van der Waals surface area contributed by atoms with Crippen molar-refractivity contribution in [2.45, 2.75) is 19.4 Å². The zero-order valence-corrected chi connectivity index (χ0v) is 17.3. The van der Waals surface area contributed by atoms with Crippen LogP contribution in [0, 0.1) is 6.92 Å². The van der Waals surface area contributed by atoms with Crippen molar-refractivity contribution in [1.82, 2.24) is 5.32 Å². The first-order valence-electron chi connectivity index (χ1n) is 9.10. The lowest BCUT2D eigenvalue weighted by Gasteiger charge is -2.20. The maximum atomic E-state index is 12.7. The molecular weight excluding hydrogens is 407 g/mol. The van der Waals surface area contributed by atoms with Gasteiger partial charge in [-0.25, -0.2) is 0 Å². The van der Waals surface area contributed by atoms with Gasteiger partial charge in [0.1, 0.15) is 0 Å². The number of halogens is 2. The fraction of sp³-hybridized carbons (Fsp3) is 0.130. The van der Waals surface area contributed by atoms with Gasteiger partial charge in [0.25, 0.3) is 5.91 Å². The van der Waals surface area contributed by atoms with Crippen molar-refractivity contribution >= 4 is 40.7 Å². The van der Waals surface area contributed by atoms with Gasteiger partial charge < -0.3 is 10.6 Å². The second-order valence-electron chi connectivity index (χ2n) is 6.63. The number of hydrogen-bond acceptors (Lipinski definition) is 2. The third-order valence-corrected chi connectivity index (χ3v) is 5.04. The van der Waals surface area contributed by atoms with E-state index in [-0.39, 0.29) is 18.2 Å². The van der Waals surface area contributed by atoms with Crippen LogP contribution in [0.1, 0.15) is 33.9 Å². The van der Waals surface area contributed by atoms with E-state index in [9.17, 15) is 9.59 Å². The Morgan fingerprint density at radius 1 is 0.931 bits per heavy atom. The van der Waals surface area contributed by atoms with Crippen LogP contribution in [0.3, 0.4) is 0 Å². The number of carbonyl (C=O) groups is 2. The van der Waals surface area contributed by atoms with Gasteiger partial charge >= 0.3 is 0 Å². The third-order valence-electron chi connectivity index (χ3n) is 4.48. The molecule has 1 atom stereocenters. The SMILES string of the molecule is Cc1cc(Cl)ccc1NC(=O)CC(NC(=O)c1ccccc1Cl)c1ccccc1. The lowest BCUT2D eigenvalue weighted by molar-refractivity contribution is -0.116. The van der Waals surface area contributed by atoms with Crippen LogP contribution in [-0.4, -0.2) is 11.8 Å². The summed E-state index contributed by atoms with van der Waals surface area (Å²) < 4.78 is 0. The van der Waals surface area contributed by atoms with Crippen LogP contribution in [-0.2, 0) is 4.79 Å². The zero-order valence-electron chi connectivity index (χ0n) is 15.8. The molecule has 3 rings (SSSR count). The quantitative estimate of drug-likeness (QED) is 0.522. The first kappa shape index (κ1) is 20.9. The van der Waals surface area contributed by atoms with Gasteiger partial charge in [0.2, 0.25) is 5.91 Å². The molecule has 3 aromatic rings. The van der Waals surface area contributed by atoms with Crippen molar-refractivity contribution < 1.29 is 9.59 Å². The minimum Gasteiger partial charge on any atom is -0.345 e. The highest BCUT2D eigenvalue weighted by Gasteiger charge is 2.20. The predicted octanol–water partition coefficient (Wildman–Crippen LogP) is 5.80. The Hall–Kier alpha value is -2.82. The van der Waals surface area contributed by atoms with Gasteiger partial charge in [-0.1, -0.05) is 65.7 Å². The van der Waals surface area contributed by atoms with E-state index in [4.69, 9.17) is 23.2 Å². The van der Waals surface area contributed by atoms with E-state index in [1.807, 2.05) is 37.3 Å². The summed E-state index contributed by atoms with van der Waals surface area (Å²) in [6, 6.07) is 20.9. The van der Waals surface area contributed by atoms with Crippen molar-refractivity contribution in [3.8, 4) is 0 Å². The number of amides is 2. The van der Waals surface area contributed by atoms with Gasteiger partial charge in [0, 0.05) is 10.7 Å². The van der Waals surface area contributed by atoms with Crippen molar-refractivity contribution in [2.75, 3.05) is 5.32 Å². The molecule has 29 heavy (non-hydrogen) atoms. The van der Waals surface area contributed by atoms with Crippen molar-refractivity contribution in [3.05, 3.63) is 99.5 Å². The van der Waals surface area contributed by atoms with Crippen LogP contribution in [0.2, 0.25) is 10.0 Å². The van der Waals surface area contributed by atoms with E-state index < -0.39 is 6.04 Å². The highest BCUT2D eigenvalue weighted by atomic mass is 35.5. The number of carbonyl (C=O) groups excluding carboxylic acids is 2. The predicted molar refractivity (Wildman–Crippen MR) is 118 cm³/mol. The Labute approximate surface area is 179 Å². The molecule has 148 valence electrons. The minimum atomic E-state index is -0.507. The molecule has 2 amide bonds. The number of nitrogens with one attached hydrogen (secondary N) is 2. The van der Waals surface area contributed by atoms with Gasteiger partial charge in [-0.3, -0.25) is 9.59 Å². The maximum absolute atomic E-state index is 12.7. The number of benzene rings is 3. The normalized spacial score (nSPS) is 11.6. The molecule has 6 heteroatoms. The summed E-state index contributed by atoms with van der Waals surface area (Å²) in [5.74, 6) is -0.552. The summed E-state index contributed by atoms with van der Waals surface area (Å²) >= 11 is 12.1. The van der Waals surface area contributed by atoms with E-state index in [0.29, 0.717) is 21.3 Å². The second-order valence-corrected chi connectivity index (χ2v) is 7.47. The molecule has 0 aliphatic rings. The van der Waals surface area contributed by atoms with Gasteiger partial charge in [0.15, 0.2) is 0 Å². The number of rotatable bonds is 6. The van der Waals surface area contributed by atoms with E-state index >= 15 is 0 Å². The topological polar surface area (TPSA) is 58.2 Å². The van der Waals surface area contributed by atoms with E-state index in [0.717, 1.165) is 11.1 Å². The highest BCUT2D eigenvalue weighted by Crippen LogP contribution is 2.23. The summed E-state index contributed by atoms with van der Waals surface area (Å²) in [6.07, 6.45) is 0.0717. The van der Waals surface area contributed by atoms with Gasteiger partial charge in [0.05, 0.1) is 23.0 Å². The van der Waals surface area contributed by atoms with Crippen LogP contribution in [0.4, 0.5) is 5.69 Å². The molecule has 0 fully saturated rings. The highest BCUT2D eigenvalue weighted by molar-refractivity contribution is 6.33. The Kier molecular flexibility index (Phi) is 6.91. The summed E-state index contributed by atoms with van der Waals surface area (Å²) in [7, 11) is 0. The minimum absolute atomic E-state index is 0.0717. The van der Waals surface area contributed by atoms with Crippen LogP contribution in [0.25, 0.3) is 0 Å². The second kappa shape index (κ2) is 9.59. The van der Waals surface area contributed by atoms with E-state index in [1.54, 1.807) is 42.5 Å². The Bertz CT molecular complexity index is 1020. The molecule has 0 aromatic heterocycles. The van der Waals surface area contributed by atoms with Crippen LogP contribution >= 0.6 is 23.2 Å². The summed E-state index contributed by atoms with van der Waals surface area (Å²) in [5.41, 5.74) is 2.74. The van der Waals surface area contributed by atoms with Crippen molar-refractivity contribution in [3.63, 3.8) is 0 Å². The van der Waals surface area contributed by atoms with Gasteiger partial charge in [-0.15, -0.1) is 0 Å². The monoisotopic (exact) mass is 426 g/mol. The standard InChI is InChI=1S/C23H20Cl2N2O2/c1-15-13-17(24)11-12-20(15)26-22(28)14-21(16-7-3-2-4-8-16)27-23(29)18-9-5-6-10-19(18)25/h2-13,21H,14H2,1H3,(H,26,28)(H,27,29). The molecular formula is C23H20Cl2N2O2. The number of anilines is 1. The largest absolute Gasteiger partial charge is 0.345 e. The van der Waals surface area contributed by atoms with Crippen molar-refractivity contribution in [1.29, 1.82) is 0 Å². The molecule has 0 saturated heterocycles. The molecule has 0 bridgehead atoms.